The van der Waals surface area contributed by atoms with Crippen molar-refractivity contribution >= 4 is 0 Å². The Morgan fingerprint density at radius 2 is 1.54 bits per heavy atom. The van der Waals surface area contributed by atoms with Crippen LogP contribution < -0.4 is 0 Å². The molecule has 26 heavy (non-hydrogen) atoms. The second-order valence-electron chi connectivity index (χ2n) is 6.84. The number of likely N-dealkylation sites (N-methyl/N-ethyl adjacent to an activating group) is 1. The van der Waals surface area contributed by atoms with E-state index in [4.69, 9.17) is 0 Å². The van der Waals surface area contributed by atoms with Gasteiger partial charge in [-0.05, 0) is 43.3 Å². The number of hydrogen-bond acceptors (Lipinski definition) is 2. The Hall–Kier alpha value is -1.85. The van der Waals surface area contributed by atoms with Crippen LogP contribution in [-0.4, -0.2) is 37.0 Å². The van der Waals surface area contributed by atoms with E-state index in [1.54, 1.807) is 12.1 Å². The molecule has 0 aliphatic carbocycles. The van der Waals surface area contributed by atoms with Crippen LogP contribution in [0.4, 0.5) is 13.2 Å². The minimum Gasteiger partial charge on any atom is -0.308 e. The molecule has 2 nitrogen and oxygen atoms in total. The highest BCUT2D eigenvalue weighted by atomic mass is 19.4. The van der Waals surface area contributed by atoms with E-state index in [0.717, 1.165) is 24.6 Å². The summed E-state index contributed by atoms with van der Waals surface area (Å²) in [7, 11) is 3.94. The zero-order chi connectivity index (χ0) is 19.2. The van der Waals surface area contributed by atoms with Crippen molar-refractivity contribution in [2.24, 2.45) is 0 Å². The molecule has 2 aromatic rings. The molecule has 0 fully saturated rings. The Kier molecular flexibility index (Phi) is 7.23. The lowest BCUT2D eigenvalue weighted by atomic mass is 10.1. The smallest absolute Gasteiger partial charge is 0.308 e. The van der Waals surface area contributed by atoms with Gasteiger partial charge in [0.1, 0.15) is 0 Å². The summed E-state index contributed by atoms with van der Waals surface area (Å²) in [6.45, 7) is 4.51. The van der Waals surface area contributed by atoms with Crippen LogP contribution in [0.15, 0.2) is 48.5 Å². The number of nitrogens with zero attached hydrogens (tertiary/aromatic N) is 2. The highest BCUT2D eigenvalue weighted by molar-refractivity contribution is 5.30. The van der Waals surface area contributed by atoms with Crippen molar-refractivity contribution in [3.63, 3.8) is 0 Å². The molecular weight excluding hydrogens is 337 g/mol. The molecule has 0 N–H and O–H groups in total. The molecule has 0 spiro atoms. The van der Waals surface area contributed by atoms with Crippen molar-refractivity contribution < 1.29 is 13.2 Å². The minimum atomic E-state index is -4.33. The van der Waals surface area contributed by atoms with E-state index in [9.17, 15) is 13.2 Å². The summed E-state index contributed by atoms with van der Waals surface area (Å²) >= 11 is 0. The minimum absolute atomic E-state index is 0.278. The fourth-order valence-electron chi connectivity index (χ4n) is 2.94. The van der Waals surface area contributed by atoms with Gasteiger partial charge in [0.15, 0.2) is 0 Å². The number of halogens is 3. The molecule has 0 aliphatic heterocycles. The summed E-state index contributed by atoms with van der Waals surface area (Å²) in [5, 5.41) is 0. The standard InChI is InChI=1S/C21H27F3N2/c1-4-17-8-7-9-18(14-17)15-26(13-12-25(2)3)16-19-10-5-6-11-20(19)21(22,23)24/h5-11,14H,4,12-13,15-16H2,1-3H3. The zero-order valence-corrected chi connectivity index (χ0v) is 15.7. The van der Waals surface area contributed by atoms with Crippen LogP contribution in [0.3, 0.4) is 0 Å². The lowest BCUT2D eigenvalue weighted by molar-refractivity contribution is -0.138. The monoisotopic (exact) mass is 364 g/mol. The first-order valence-electron chi connectivity index (χ1n) is 8.89. The third-order valence-corrected chi connectivity index (χ3v) is 4.39. The van der Waals surface area contributed by atoms with Gasteiger partial charge in [-0.15, -0.1) is 0 Å². The van der Waals surface area contributed by atoms with Gasteiger partial charge >= 0.3 is 6.18 Å². The van der Waals surface area contributed by atoms with Gasteiger partial charge in [-0.25, -0.2) is 0 Å². The molecule has 2 rings (SSSR count). The van der Waals surface area contributed by atoms with Crippen molar-refractivity contribution in [1.82, 2.24) is 9.80 Å². The molecule has 0 saturated heterocycles. The maximum Gasteiger partial charge on any atom is 0.416 e. The Labute approximate surface area is 154 Å². The average molecular weight is 364 g/mol. The van der Waals surface area contributed by atoms with Gasteiger partial charge in [-0.3, -0.25) is 4.90 Å². The van der Waals surface area contributed by atoms with Gasteiger partial charge in [-0.1, -0.05) is 49.4 Å². The van der Waals surface area contributed by atoms with Gasteiger partial charge in [-0.2, -0.15) is 13.2 Å². The molecule has 142 valence electrons. The van der Waals surface area contributed by atoms with Crippen molar-refractivity contribution in [2.75, 3.05) is 27.2 Å². The SMILES string of the molecule is CCc1cccc(CN(CCN(C)C)Cc2ccccc2C(F)(F)F)c1. The molecule has 0 radical (unpaired) electrons. The van der Waals surface area contributed by atoms with Crippen LogP contribution in [0.1, 0.15) is 29.2 Å². The van der Waals surface area contributed by atoms with E-state index in [2.05, 4.69) is 24.0 Å². The molecule has 0 amide bonds. The first kappa shape index (κ1) is 20.5. The van der Waals surface area contributed by atoms with Gasteiger partial charge in [0.2, 0.25) is 0 Å². The molecular formula is C21H27F3N2. The summed E-state index contributed by atoms with van der Waals surface area (Å²) in [5.41, 5.74) is 2.15. The number of aryl methyl sites for hydroxylation is 1. The quantitative estimate of drug-likeness (QED) is 0.662. The topological polar surface area (TPSA) is 6.48 Å². The van der Waals surface area contributed by atoms with Gasteiger partial charge in [0.05, 0.1) is 5.56 Å². The van der Waals surface area contributed by atoms with Crippen molar-refractivity contribution in [2.45, 2.75) is 32.6 Å². The largest absolute Gasteiger partial charge is 0.416 e. The summed E-state index contributed by atoms with van der Waals surface area (Å²) in [5.74, 6) is 0. The highest BCUT2D eigenvalue weighted by Gasteiger charge is 2.33. The molecule has 0 bridgehead atoms. The molecule has 2 aromatic carbocycles. The Balaban J connectivity index is 2.22. The Morgan fingerprint density at radius 3 is 2.19 bits per heavy atom. The van der Waals surface area contributed by atoms with Crippen LogP contribution in [0.25, 0.3) is 0 Å². The summed E-state index contributed by atoms with van der Waals surface area (Å²) in [6.07, 6.45) is -3.38. The Morgan fingerprint density at radius 1 is 0.846 bits per heavy atom. The van der Waals surface area contributed by atoms with Gasteiger partial charge < -0.3 is 4.90 Å². The zero-order valence-electron chi connectivity index (χ0n) is 15.7. The summed E-state index contributed by atoms with van der Waals surface area (Å²) in [4.78, 5) is 4.13. The number of alkyl halides is 3. The predicted molar refractivity (Wildman–Crippen MR) is 99.9 cm³/mol. The van der Waals surface area contributed by atoms with E-state index in [1.165, 1.54) is 11.6 Å². The normalized spacial score (nSPS) is 12.2. The second kappa shape index (κ2) is 9.19. The summed E-state index contributed by atoms with van der Waals surface area (Å²) < 4.78 is 39.9. The molecule has 0 unspecified atom stereocenters. The van der Waals surface area contributed by atoms with E-state index < -0.39 is 11.7 Å². The van der Waals surface area contributed by atoms with Crippen molar-refractivity contribution in [3.8, 4) is 0 Å². The van der Waals surface area contributed by atoms with E-state index in [-0.39, 0.29) is 6.54 Å². The summed E-state index contributed by atoms with van der Waals surface area (Å²) in [6, 6.07) is 14.1. The third kappa shape index (κ3) is 6.15. The average Bonchev–Trinajstić information content (AvgIpc) is 2.59. The van der Waals surface area contributed by atoms with Crippen LogP contribution in [0.2, 0.25) is 0 Å². The molecule has 0 aliphatic rings. The van der Waals surface area contributed by atoms with Crippen molar-refractivity contribution in [1.29, 1.82) is 0 Å². The van der Waals surface area contributed by atoms with Gasteiger partial charge in [0, 0.05) is 26.2 Å². The molecule has 5 heteroatoms. The first-order chi connectivity index (χ1) is 12.3. The van der Waals surface area contributed by atoms with Crippen LogP contribution in [0.5, 0.6) is 0 Å². The first-order valence-corrected chi connectivity index (χ1v) is 8.89. The molecule has 0 heterocycles. The van der Waals surface area contributed by atoms with Crippen molar-refractivity contribution in [3.05, 3.63) is 70.8 Å². The molecule has 0 aromatic heterocycles. The van der Waals surface area contributed by atoms with E-state index in [1.807, 2.05) is 31.1 Å². The van der Waals surface area contributed by atoms with Gasteiger partial charge in [0.25, 0.3) is 0 Å². The number of benzene rings is 2. The number of hydrogen-bond donors (Lipinski definition) is 0. The predicted octanol–water partition coefficient (Wildman–Crippen LogP) is 4.83. The fourth-order valence-corrected chi connectivity index (χ4v) is 2.94. The molecule has 0 saturated carbocycles. The highest BCUT2D eigenvalue weighted by Crippen LogP contribution is 2.32. The second-order valence-corrected chi connectivity index (χ2v) is 6.84. The lowest BCUT2D eigenvalue weighted by Crippen LogP contribution is -2.31. The fraction of sp³-hybridized carbons (Fsp3) is 0.429. The van der Waals surface area contributed by atoms with Crippen LogP contribution in [0, 0.1) is 0 Å². The third-order valence-electron chi connectivity index (χ3n) is 4.39. The lowest BCUT2D eigenvalue weighted by Gasteiger charge is -2.26. The molecule has 0 atom stereocenters. The van der Waals surface area contributed by atoms with Crippen LogP contribution in [-0.2, 0) is 25.7 Å². The van der Waals surface area contributed by atoms with E-state index >= 15 is 0 Å². The Bertz CT molecular complexity index is 696. The van der Waals surface area contributed by atoms with Crippen LogP contribution >= 0.6 is 0 Å². The maximum atomic E-state index is 13.3. The van der Waals surface area contributed by atoms with E-state index in [0.29, 0.717) is 18.7 Å². The maximum absolute atomic E-state index is 13.3. The number of rotatable bonds is 8.